The minimum Gasteiger partial charge on any atom is -0.379 e. The van der Waals surface area contributed by atoms with E-state index in [4.69, 9.17) is 4.74 Å². The number of nitro groups is 1. The van der Waals surface area contributed by atoms with Crippen molar-refractivity contribution in [1.29, 1.82) is 0 Å². The summed E-state index contributed by atoms with van der Waals surface area (Å²) in [6.45, 7) is 2.68. The topological polar surface area (TPSA) is 84.7 Å². The molecule has 0 unspecified atom stereocenters. The maximum absolute atomic E-state index is 12.6. The lowest BCUT2D eigenvalue weighted by Gasteiger charge is -2.26. The number of nitrogens with one attached hydrogen (secondary N) is 1. The van der Waals surface area contributed by atoms with E-state index >= 15 is 0 Å². The lowest BCUT2D eigenvalue weighted by molar-refractivity contribution is -0.384. The van der Waals surface area contributed by atoms with E-state index in [9.17, 15) is 14.9 Å². The van der Waals surface area contributed by atoms with Crippen LogP contribution in [-0.4, -0.2) is 48.6 Å². The summed E-state index contributed by atoms with van der Waals surface area (Å²) in [5, 5.41) is 14.8. The number of carbonyl (C=O) groups is 1. The molecule has 1 saturated heterocycles. The number of ether oxygens (including phenoxy) is 1. The summed E-state index contributed by atoms with van der Waals surface area (Å²) in [5.74, 6) is 0.368. The zero-order valence-corrected chi connectivity index (χ0v) is 16.3. The van der Waals surface area contributed by atoms with Crippen molar-refractivity contribution in [2.24, 2.45) is 5.92 Å². The van der Waals surface area contributed by atoms with Crippen molar-refractivity contribution in [3.05, 3.63) is 69.3 Å². The number of benzene rings is 2. The number of nitrogens with zero attached hydrogens (tertiary/aromatic N) is 2. The van der Waals surface area contributed by atoms with Crippen LogP contribution in [0.3, 0.4) is 0 Å². The molecule has 2 aromatic carbocycles. The van der Waals surface area contributed by atoms with Crippen molar-refractivity contribution in [3.8, 4) is 0 Å². The number of carbonyl (C=O) groups excluding carboxylic acids is 1. The van der Waals surface area contributed by atoms with E-state index in [1.54, 1.807) is 17.0 Å². The van der Waals surface area contributed by atoms with Gasteiger partial charge in [0.05, 0.1) is 18.1 Å². The summed E-state index contributed by atoms with van der Waals surface area (Å²) in [4.78, 5) is 25.4. The van der Waals surface area contributed by atoms with Gasteiger partial charge < -0.3 is 15.0 Å². The summed E-state index contributed by atoms with van der Waals surface area (Å²) in [7, 11) is 0. The molecule has 2 aliphatic rings. The van der Waals surface area contributed by atoms with E-state index in [0.717, 1.165) is 19.3 Å². The van der Waals surface area contributed by atoms with E-state index in [1.807, 2.05) is 0 Å². The zero-order valence-electron chi connectivity index (χ0n) is 16.3. The molecule has 152 valence electrons. The molecule has 1 heterocycles. The first-order valence-corrected chi connectivity index (χ1v) is 10.1. The minimum absolute atomic E-state index is 0.0567. The third-order valence-electron chi connectivity index (χ3n) is 5.74. The summed E-state index contributed by atoms with van der Waals surface area (Å²) >= 11 is 0. The second kappa shape index (κ2) is 8.61. The van der Waals surface area contributed by atoms with Gasteiger partial charge in [-0.05, 0) is 48.4 Å². The molecule has 0 radical (unpaired) electrons. The Balaban J connectivity index is 1.38. The average molecular weight is 395 g/mol. The lowest BCUT2D eigenvalue weighted by atomic mass is 10.0. The number of amides is 1. The molecule has 4 rings (SSSR count). The van der Waals surface area contributed by atoms with Crippen LogP contribution < -0.4 is 5.32 Å². The van der Waals surface area contributed by atoms with Crippen LogP contribution in [0.15, 0.2) is 42.5 Å². The van der Waals surface area contributed by atoms with Crippen LogP contribution in [0.2, 0.25) is 0 Å². The molecule has 29 heavy (non-hydrogen) atoms. The predicted octanol–water partition coefficient (Wildman–Crippen LogP) is 3.28. The number of hydrogen-bond donors (Lipinski definition) is 1. The van der Waals surface area contributed by atoms with Crippen LogP contribution >= 0.6 is 0 Å². The number of nitro benzene ring substituents is 1. The number of fused-ring (bicyclic) bond motifs is 1. The number of morpholine rings is 1. The lowest BCUT2D eigenvalue weighted by Crippen LogP contribution is -2.40. The Morgan fingerprint density at radius 3 is 2.48 bits per heavy atom. The van der Waals surface area contributed by atoms with Gasteiger partial charge >= 0.3 is 0 Å². The fourth-order valence-corrected chi connectivity index (χ4v) is 4.18. The number of rotatable bonds is 6. The van der Waals surface area contributed by atoms with E-state index < -0.39 is 4.92 Å². The largest absolute Gasteiger partial charge is 0.379 e. The quantitative estimate of drug-likeness (QED) is 0.599. The molecule has 1 N–H and O–H groups in total. The highest BCUT2D eigenvalue weighted by atomic mass is 16.6. The fourth-order valence-electron chi connectivity index (χ4n) is 4.18. The normalized spacial score (nSPS) is 16.5. The molecule has 1 fully saturated rings. The van der Waals surface area contributed by atoms with Crippen molar-refractivity contribution in [2.45, 2.75) is 19.3 Å². The third-order valence-corrected chi connectivity index (χ3v) is 5.74. The minimum atomic E-state index is -0.427. The maximum atomic E-state index is 12.6. The summed E-state index contributed by atoms with van der Waals surface area (Å²) < 4.78 is 5.26. The number of anilines is 1. The first kappa shape index (κ1) is 19.4. The SMILES string of the molecule is O=C(c1ccc(NCCC2Cc3ccccc3C2)c([N+](=O)[O-])c1)N1CCOCC1. The highest BCUT2D eigenvalue weighted by Gasteiger charge is 2.24. The molecule has 2 aromatic rings. The molecule has 7 nitrogen and oxygen atoms in total. The third kappa shape index (κ3) is 4.40. The Morgan fingerprint density at radius 2 is 1.83 bits per heavy atom. The van der Waals surface area contributed by atoms with Gasteiger partial charge in [0, 0.05) is 31.3 Å². The van der Waals surface area contributed by atoms with Gasteiger partial charge in [-0.3, -0.25) is 14.9 Å². The molecule has 1 aliphatic heterocycles. The van der Waals surface area contributed by atoms with Crippen molar-refractivity contribution >= 4 is 17.3 Å². The van der Waals surface area contributed by atoms with Crippen LogP contribution in [-0.2, 0) is 17.6 Å². The van der Waals surface area contributed by atoms with Crippen LogP contribution in [0.4, 0.5) is 11.4 Å². The molecule has 0 atom stereocenters. The zero-order chi connectivity index (χ0) is 20.2. The summed E-state index contributed by atoms with van der Waals surface area (Å²) in [5.41, 5.74) is 3.57. The van der Waals surface area contributed by atoms with Gasteiger partial charge in [0.1, 0.15) is 5.69 Å². The first-order valence-electron chi connectivity index (χ1n) is 10.1. The van der Waals surface area contributed by atoms with Crippen molar-refractivity contribution in [1.82, 2.24) is 4.90 Å². The van der Waals surface area contributed by atoms with Crippen LogP contribution in [0.25, 0.3) is 0 Å². The predicted molar refractivity (Wildman–Crippen MR) is 110 cm³/mol. The van der Waals surface area contributed by atoms with Crippen molar-refractivity contribution < 1.29 is 14.5 Å². The summed E-state index contributed by atoms with van der Waals surface area (Å²) in [6.07, 6.45) is 3.07. The molecular formula is C22H25N3O4. The average Bonchev–Trinajstić information content (AvgIpc) is 3.16. The highest BCUT2D eigenvalue weighted by Crippen LogP contribution is 2.30. The number of hydrogen-bond acceptors (Lipinski definition) is 5. The van der Waals surface area contributed by atoms with Crippen LogP contribution in [0, 0.1) is 16.0 Å². The van der Waals surface area contributed by atoms with E-state index in [0.29, 0.717) is 50.0 Å². The Hall–Kier alpha value is -2.93. The first-order chi connectivity index (χ1) is 14.1. The van der Waals surface area contributed by atoms with Crippen molar-refractivity contribution in [3.63, 3.8) is 0 Å². The Labute approximate surface area is 169 Å². The standard InChI is InChI=1S/C22H25N3O4/c26-22(24-9-11-29-12-10-24)19-5-6-20(21(15-19)25(27)28)23-8-7-16-13-17-3-1-2-4-18(17)14-16/h1-6,15-16,23H,7-14H2. The van der Waals surface area contributed by atoms with Gasteiger partial charge in [0.25, 0.3) is 11.6 Å². The van der Waals surface area contributed by atoms with Crippen LogP contribution in [0.5, 0.6) is 0 Å². The Morgan fingerprint density at radius 1 is 1.14 bits per heavy atom. The molecule has 0 aromatic heterocycles. The molecular weight excluding hydrogens is 370 g/mol. The van der Waals surface area contributed by atoms with E-state index in [-0.39, 0.29) is 11.6 Å². The second-order valence-electron chi connectivity index (χ2n) is 7.65. The van der Waals surface area contributed by atoms with Gasteiger partial charge in [-0.15, -0.1) is 0 Å². The van der Waals surface area contributed by atoms with E-state index in [2.05, 4.69) is 29.6 Å². The molecule has 1 aliphatic carbocycles. The Bertz CT molecular complexity index is 884. The maximum Gasteiger partial charge on any atom is 0.293 e. The summed E-state index contributed by atoms with van der Waals surface area (Å²) in [6, 6.07) is 13.2. The van der Waals surface area contributed by atoms with Gasteiger partial charge in [-0.25, -0.2) is 0 Å². The van der Waals surface area contributed by atoms with Crippen LogP contribution in [0.1, 0.15) is 27.9 Å². The molecule has 0 bridgehead atoms. The monoisotopic (exact) mass is 395 g/mol. The van der Waals surface area contributed by atoms with Gasteiger partial charge in [0.2, 0.25) is 0 Å². The molecule has 0 saturated carbocycles. The fraction of sp³-hybridized carbons (Fsp3) is 0.409. The van der Waals surface area contributed by atoms with Gasteiger partial charge in [0.15, 0.2) is 0 Å². The second-order valence-corrected chi connectivity index (χ2v) is 7.65. The van der Waals surface area contributed by atoms with Crippen molar-refractivity contribution in [2.75, 3.05) is 38.2 Å². The molecule has 0 spiro atoms. The van der Waals surface area contributed by atoms with Gasteiger partial charge in [-0.1, -0.05) is 24.3 Å². The molecule has 1 amide bonds. The van der Waals surface area contributed by atoms with E-state index in [1.165, 1.54) is 17.2 Å². The molecule has 7 heteroatoms. The Kier molecular flexibility index (Phi) is 5.76. The smallest absolute Gasteiger partial charge is 0.293 e. The van der Waals surface area contributed by atoms with Gasteiger partial charge in [-0.2, -0.15) is 0 Å². The highest BCUT2D eigenvalue weighted by molar-refractivity contribution is 5.95.